The molecule has 0 aliphatic heterocycles. The molecule has 0 saturated heterocycles. The quantitative estimate of drug-likeness (QED) is 0.703. The third-order valence-corrected chi connectivity index (χ3v) is 3.60. The Hall–Kier alpha value is -1.57. The zero-order valence-corrected chi connectivity index (χ0v) is 12.7. The number of carbonyl (C=O) groups is 2. The highest BCUT2D eigenvalue weighted by atomic mass is 32.2. The van der Waals surface area contributed by atoms with Gasteiger partial charge in [0, 0.05) is 6.04 Å². The van der Waals surface area contributed by atoms with Crippen LogP contribution in [0.4, 0.5) is 0 Å². The van der Waals surface area contributed by atoms with E-state index in [4.69, 9.17) is 5.11 Å². The summed E-state index contributed by atoms with van der Waals surface area (Å²) in [6.07, 6.45) is 2.74. The maximum Gasteiger partial charge on any atom is 0.326 e. The second-order valence-electron chi connectivity index (χ2n) is 4.65. The first-order chi connectivity index (χ1) is 9.45. The third kappa shape index (κ3) is 4.84. The van der Waals surface area contributed by atoms with E-state index in [-0.39, 0.29) is 17.7 Å². The minimum Gasteiger partial charge on any atom is -0.480 e. The molecular weight excluding hydrogens is 280 g/mol. The van der Waals surface area contributed by atoms with Crippen LogP contribution in [0.5, 0.6) is 0 Å². The van der Waals surface area contributed by atoms with Gasteiger partial charge in [0.15, 0.2) is 5.16 Å². The van der Waals surface area contributed by atoms with Crippen molar-refractivity contribution in [3.63, 3.8) is 0 Å². The lowest BCUT2D eigenvalue weighted by Gasteiger charge is -2.13. The lowest BCUT2D eigenvalue weighted by molar-refractivity contribution is -0.141. The molecule has 0 saturated carbocycles. The fraction of sp³-hybridized carbons (Fsp3) is 0.667. The summed E-state index contributed by atoms with van der Waals surface area (Å²) in [7, 11) is 0. The Morgan fingerprint density at radius 2 is 2.20 bits per heavy atom. The van der Waals surface area contributed by atoms with Gasteiger partial charge in [-0.1, -0.05) is 25.1 Å². The number of thioether (sulfide) groups is 1. The molecule has 1 rings (SSSR count). The van der Waals surface area contributed by atoms with E-state index in [1.165, 1.54) is 11.8 Å². The van der Waals surface area contributed by atoms with Crippen molar-refractivity contribution in [1.82, 2.24) is 20.1 Å². The summed E-state index contributed by atoms with van der Waals surface area (Å²) in [6, 6.07) is -0.613. The van der Waals surface area contributed by atoms with Crippen molar-refractivity contribution < 1.29 is 14.7 Å². The Balaban J connectivity index is 2.50. The molecule has 0 unspecified atom stereocenters. The van der Waals surface area contributed by atoms with Crippen LogP contribution in [-0.2, 0) is 9.59 Å². The molecule has 0 aromatic carbocycles. The molecule has 0 aliphatic rings. The lowest BCUT2D eigenvalue weighted by Crippen LogP contribution is -2.41. The lowest BCUT2D eigenvalue weighted by atomic mass is 10.2. The summed E-state index contributed by atoms with van der Waals surface area (Å²) in [5.74, 6) is -1.19. The number of aliphatic carboxylic acids is 1. The standard InChI is InChI=1S/C12H20N4O3S/c1-4-5-9(11(18)19)14-10(17)6-20-12-15-13-7-16(12)8(2)3/h7-9H,4-6H2,1-3H3,(H,14,17)(H,18,19)/t9-/m0/s1. The molecule has 1 heterocycles. The number of rotatable bonds is 8. The second-order valence-corrected chi connectivity index (χ2v) is 5.59. The number of hydrogen-bond donors (Lipinski definition) is 2. The van der Waals surface area contributed by atoms with Crippen LogP contribution in [0.2, 0.25) is 0 Å². The number of nitrogens with zero attached hydrogens (tertiary/aromatic N) is 3. The highest BCUT2D eigenvalue weighted by Gasteiger charge is 2.19. The summed E-state index contributed by atoms with van der Waals surface area (Å²) in [5.41, 5.74) is 0. The largest absolute Gasteiger partial charge is 0.480 e. The van der Waals surface area contributed by atoms with E-state index in [1.54, 1.807) is 6.33 Å². The summed E-state index contributed by atoms with van der Waals surface area (Å²) in [6.45, 7) is 5.87. The number of nitrogens with one attached hydrogen (secondary N) is 1. The summed E-state index contributed by atoms with van der Waals surface area (Å²) in [4.78, 5) is 22.7. The minimum atomic E-state index is -1.00. The molecule has 112 valence electrons. The summed E-state index contributed by atoms with van der Waals surface area (Å²) < 4.78 is 1.86. The number of hydrogen-bond acceptors (Lipinski definition) is 5. The molecule has 8 heteroatoms. The number of amides is 1. The van der Waals surface area contributed by atoms with Crippen LogP contribution < -0.4 is 5.32 Å². The zero-order valence-electron chi connectivity index (χ0n) is 11.9. The van der Waals surface area contributed by atoms with Crippen LogP contribution in [0.1, 0.15) is 39.7 Å². The van der Waals surface area contributed by atoms with E-state index in [9.17, 15) is 9.59 Å². The fourth-order valence-electron chi connectivity index (χ4n) is 1.60. The smallest absolute Gasteiger partial charge is 0.326 e. The molecule has 2 N–H and O–H groups in total. The number of carboxylic acid groups (broad SMARTS) is 1. The van der Waals surface area contributed by atoms with Gasteiger partial charge in [-0.05, 0) is 20.3 Å². The number of aromatic nitrogens is 3. The predicted octanol–water partition coefficient (Wildman–Crippen LogP) is 1.32. The first-order valence-electron chi connectivity index (χ1n) is 6.50. The van der Waals surface area contributed by atoms with Crippen molar-refractivity contribution in [1.29, 1.82) is 0 Å². The molecule has 7 nitrogen and oxygen atoms in total. The van der Waals surface area contributed by atoms with Gasteiger partial charge in [0.25, 0.3) is 0 Å². The minimum absolute atomic E-state index is 0.124. The van der Waals surface area contributed by atoms with Crippen LogP contribution in [-0.4, -0.2) is 43.5 Å². The molecule has 0 radical (unpaired) electrons. The van der Waals surface area contributed by atoms with Gasteiger partial charge < -0.3 is 15.0 Å². The van der Waals surface area contributed by atoms with Gasteiger partial charge in [-0.25, -0.2) is 4.79 Å². The van der Waals surface area contributed by atoms with Crippen LogP contribution in [0.25, 0.3) is 0 Å². The maximum absolute atomic E-state index is 11.8. The van der Waals surface area contributed by atoms with Crippen LogP contribution in [0.3, 0.4) is 0 Å². The second kappa shape index (κ2) is 7.88. The molecule has 1 aromatic heterocycles. The van der Waals surface area contributed by atoms with Crippen molar-refractivity contribution in [2.24, 2.45) is 0 Å². The molecular formula is C12H20N4O3S. The van der Waals surface area contributed by atoms with Gasteiger partial charge in [-0.3, -0.25) is 4.79 Å². The Kier molecular flexibility index (Phi) is 6.50. The summed E-state index contributed by atoms with van der Waals surface area (Å²) >= 11 is 1.25. The van der Waals surface area contributed by atoms with Gasteiger partial charge in [-0.2, -0.15) is 0 Å². The molecule has 1 atom stereocenters. The number of carboxylic acids is 1. The van der Waals surface area contributed by atoms with E-state index < -0.39 is 12.0 Å². The van der Waals surface area contributed by atoms with Crippen LogP contribution >= 0.6 is 11.8 Å². The first-order valence-corrected chi connectivity index (χ1v) is 7.48. The van der Waals surface area contributed by atoms with Crippen LogP contribution in [0.15, 0.2) is 11.5 Å². The topological polar surface area (TPSA) is 97.1 Å². The SMILES string of the molecule is CCC[C@H](NC(=O)CSc1nncn1C(C)C)C(=O)O. The van der Waals surface area contributed by atoms with Gasteiger partial charge in [0.1, 0.15) is 12.4 Å². The van der Waals surface area contributed by atoms with E-state index >= 15 is 0 Å². The molecule has 1 aromatic rings. The fourth-order valence-corrected chi connectivity index (χ4v) is 2.46. The molecule has 0 aliphatic carbocycles. The number of carbonyl (C=O) groups excluding carboxylic acids is 1. The van der Waals surface area contributed by atoms with Crippen molar-refractivity contribution in [3.05, 3.63) is 6.33 Å². The van der Waals surface area contributed by atoms with Crippen LogP contribution in [0, 0.1) is 0 Å². The Morgan fingerprint density at radius 3 is 2.75 bits per heavy atom. The molecule has 0 fully saturated rings. The van der Waals surface area contributed by atoms with Crippen molar-refractivity contribution in [3.8, 4) is 0 Å². The van der Waals surface area contributed by atoms with Gasteiger partial charge in [0.2, 0.25) is 5.91 Å². The van der Waals surface area contributed by atoms with E-state index in [0.717, 1.165) is 0 Å². The molecule has 20 heavy (non-hydrogen) atoms. The molecule has 1 amide bonds. The first kappa shape index (κ1) is 16.5. The van der Waals surface area contributed by atoms with E-state index in [0.29, 0.717) is 18.0 Å². The van der Waals surface area contributed by atoms with Crippen molar-refractivity contribution >= 4 is 23.6 Å². The third-order valence-electron chi connectivity index (χ3n) is 2.64. The van der Waals surface area contributed by atoms with E-state index in [1.807, 2.05) is 25.3 Å². The van der Waals surface area contributed by atoms with Gasteiger partial charge in [0.05, 0.1) is 5.75 Å². The maximum atomic E-state index is 11.8. The van der Waals surface area contributed by atoms with Gasteiger partial charge in [-0.15, -0.1) is 10.2 Å². The predicted molar refractivity (Wildman–Crippen MR) is 75.6 cm³/mol. The summed E-state index contributed by atoms with van der Waals surface area (Å²) in [5, 5.41) is 19.9. The normalized spacial score (nSPS) is 12.4. The van der Waals surface area contributed by atoms with Crippen molar-refractivity contribution in [2.75, 3.05) is 5.75 Å². The Labute approximate surface area is 122 Å². The van der Waals surface area contributed by atoms with Crippen molar-refractivity contribution in [2.45, 2.75) is 50.9 Å². The molecule has 0 spiro atoms. The average molecular weight is 300 g/mol. The van der Waals surface area contributed by atoms with Gasteiger partial charge >= 0.3 is 5.97 Å². The highest BCUT2D eigenvalue weighted by molar-refractivity contribution is 7.99. The highest BCUT2D eigenvalue weighted by Crippen LogP contribution is 2.18. The Bertz CT molecular complexity index is 461. The molecule has 0 bridgehead atoms. The zero-order chi connectivity index (χ0) is 15.1. The monoisotopic (exact) mass is 300 g/mol. The Morgan fingerprint density at radius 1 is 1.50 bits per heavy atom. The van der Waals surface area contributed by atoms with E-state index in [2.05, 4.69) is 15.5 Å². The average Bonchev–Trinajstić information content (AvgIpc) is 2.84.